The number of sulfone groups is 1. The summed E-state index contributed by atoms with van der Waals surface area (Å²) in [5, 5.41) is 0.604. The van der Waals surface area contributed by atoms with E-state index in [-0.39, 0.29) is 23.3 Å². The molecule has 0 spiro atoms. The summed E-state index contributed by atoms with van der Waals surface area (Å²) in [7, 11) is -2.94. The van der Waals surface area contributed by atoms with E-state index in [9.17, 15) is 13.2 Å². The van der Waals surface area contributed by atoms with Gasteiger partial charge in [-0.2, -0.15) is 11.8 Å². The lowest BCUT2D eigenvalue weighted by molar-refractivity contribution is -0.135. The van der Waals surface area contributed by atoms with Crippen LogP contribution in [-0.4, -0.2) is 54.3 Å². The quantitative estimate of drug-likeness (QED) is 0.673. The molecule has 3 fully saturated rings. The molecule has 3 aliphatic heterocycles. The van der Waals surface area contributed by atoms with E-state index < -0.39 is 9.84 Å². The van der Waals surface area contributed by atoms with Gasteiger partial charge in [-0.1, -0.05) is 0 Å². The predicted octanol–water partition coefficient (Wildman–Crippen LogP) is 0.137. The fraction of sp³-hybridized carbons (Fsp3) is 0.900. The van der Waals surface area contributed by atoms with Crippen molar-refractivity contribution in [2.24, 2.45) is 5.92 Å². The van der Waals surface area contributed by atoms with Gasteiger partial charge in [0.1, 0.15) is 0 Å². The minimum Gasteiger partial charge on any atom is -0.337 e. The average Bonchev–Trinajstić information content (AvgIpc) is 2.90. The summed E-state index contributed by atoms with van der Waals surface area (Å²) in [5.41, 5.74) is 0. The molecule has 0 aromatic rings. The van der Waals surface area contributed by atoms with Gasteiger partial charge in [0.25, 0.3) is 0 Å². The van der Waals surface area contributed by atoms with Crippen LogP contribution < -0.4 is 0 Å². The van der Waals surface area contributed by atoms with Crippen LogP contribution in [0.1, 0.15) is 12.8 Å². The zero-order valence-corrected chi connectivity index (χ0v) is 10.6. The van der Waals surface area contributed by atoms with Crippen LogP contribution in [0.4, 0.5) is 0 Å². The third kappa shape index (κ3) is 1.76. The molecule has 2 bridgehead atoms. The minimum absolute atomic E-state index is 0.0763. The lowest BCUT2D eigenvalue weighted by atomic mass is 10.1. The molecule has 3 atom stereocenters. The summed E-state index contributed by atoms with van der Waals surface area (Å²) >= 11 is 1.94. The summed E-state index contributed by atoms with van der Waals surface area (Å²) in [5.74, 6) is 1.14. The van der Waals surface area contributed by atoms with Crippen LogP contribution in [0.25, 0.3) is 0 Å². The molecule has 3 saturated heterocycles. The van der Waals surface area contributed by atoms with E-state index in [2.05, 4.69) is 0 Å². The molecular weight excluding hydrogens is 246 g/mol. The first-order valence-corrected chi connectivity index (χ1v) is 8.55. The van der Waals surface area contributed by atoms with Crippen molar-refractivity contribution in [1.29, 1.82) is 0 Å². The molecule has 3 aliphatic rings. The Labute approximate surface area is 99.7 Å². The number of hydrogen-bond donors (Lipinski definition) is 0. The van der Waals surface area contributed by atoms with Crippen molar-refractivity contribution in [1.82, 2.24) is 4.90 Å². The number of thioether (sulfide) groups is 1. The molecule has 90 valence electrons. The molecule has 0 aliphatic carbocycles. The van der Waals surface area contributed by atoms with Gasteiger partial charge in [0, 0.05) is 23.6 Å². The first kappa shape index (κ1) is 10.9. The Kier molecular flexibility index (Phi) is 2.47. The van der Waals surface area contributed by atoms with Crippen LogP contribution in [0, 0.1) is 5.92 Å². The Hall–Kier alpha value is -0.230. The van der Waals surface area contributed by atoms with Gasteiger partial charge in [-0.15, -0.1) is 0 Å². The van der Waals surface area contributed by atoms with Gasteiger partial charge in [0.15, 0.2) is 9.84 Å². The fourth-order valence-electron chi connectivity index (χ4n) is 2.89. The van der Waals surface area contributed by atoms with Gasteiger partial charge in [-0.3, -0.25) is 4.79 Å². The largest absolute Gasteiger partial charge is 0.337 e. The van der Waals surface area contributed by atoms with E-state index >= 15 is 0 Å². The highest BCUT2D eigenvalue weighted by atomic mass is 32.2. The van der Waals surface area contributed by atoms with Gasteiger partial charge in [0.2, 0.25) is 5.91 Å². The normalized spacial score (nSPS) is 40.5. The highest BCUT2D eigenvalue weighted by molar-refractivity contribution is 8.00. The van der Waals surface area contributed by atoms with Crippen LogP contribution in [-0.2, 0) is 14.6 Å². The Morgan fingerprint density at radius 1 is 1.38 bits per heavy atom. The van der Waals surface area contributed by atoms with E-state index in [1.165, 1.54) is 0 Å². The maximum Gasteiger partial charge on any atom is 0.227 e. The predicted molar refractivity (Wildman–Crippen MR) is 63.1 cm³/mol. The van der Waals surface area contributed by atoms with Gasteiger partial charge in [0.05, 0.1) is 17.4 Å². The lowest BCUT2D eigenvalue weighted by Crippen LogP contribution is -2.43. The highest BCUT2D eigenvalue weighted by Crippen LogP contribution is 2.38. The van der Waals surface area contributed by atoms with Crippen molar-refractivity contribution < 1.29 is 13.2 Å². The van der Waals surface area contributed by atoms with Gasteiger partial charge in [-0.25, -0.2) is 8.42 Å². The Morgan fingerprint density at radius 3 is 2.69 bits per heavy atom. The molecule has 16 heavy (non-hydrogen) atoms. The molecule has 0 saturated carbocycles. The monoisotopic (exact) mass is 261 g/mol. The molecular formula is C10H15NO3S2. The molecule has 0 aromatic carbocycles. The second kappa shape index (κ2) is 3.63. The summed E-state index contributed by atoms with van der Waals surface area (Å²) in [6.07, 6.45) is 1.64. The number of amides is 1. The van der Waals surface area contributed by atoms with Crippen molar-refractivity contribution in [3.63, 3.8) is 0 Å². The summed E-state index contributed by atoms with van der Waals surface area (Å²) in [4.78, 5) is 14.1. The topological polar surface area (TPSA) is 54.5 Å². The highest BCUT2D eigenvalue weighted by Gasteiger charge is 2.44. The molecule has 0 aromatic heterocycles. The first-order valence-electron chi connectivity index (χ1n) is 5.68. The molecule has 3 heterocycles. The second-order valence-electron chi connectivity index (χ2n) is 4.94. The van der Waals surface area contributed by atoms with Crippen molar-refractivity contribution in [3.05, 3.63) is 0 Å². The SMILES string of the molecule is O=C(C1CCS(=O)(=O)C1)N1CC2CC1CS2. The standard InChI is InChI=1S/C10H15NO3S2/c12-10(7-1-2-16(13,14)6-7)11-4-9-3-8(11)5-15-9/h7-9H,1-6H2. The van der Waals surface area contributed by atoms with E-state index in [1.54, 1.807) is 0 Å². The Bertz CT molecular complexity index is 420. The number of likely N-dealkylation sites (tertiary alicyclic amines) is 1. The smallest absolute Gasteiger partial charge is 0.227 e. The average molecular weight is 261 g/mol. The maximum absolute atomic E-state index is 12.2. The first-order chi connectivity index (χ1) is 7.55. The van der Waals surface area contributed by atoms with Gasteiger partial charge in [-0.05, 0) is 12.8 Å². The van der Waals surface area contributed by atoms with Crippen molar-refractivity contribution in [2.45, 2.75) is 24.1 Å². The lowest BCUT2D eigenvalue weighted by Gasteiger charge is -2.28. The zero-order chi connectivity index (χ0) is 11.3. The Balaban J connectivity index is 1.70. The fourth-order valence-corrected chi connectivity index (χ4v) is 6.06. The Morgan fingerprint density at radius 2 is 2.19 bits per heavy atom. The summed E-state index contributed by atoms with van der Waals surface area (Å²) in [6, 6.07) is 0.380. The van der Waals surface area contributed by atoms with Gasteiger partial charge < -0.3 is 4.90 Å². The van der Waals surface area contributed by atoms with Gasteiger partial charge >= 0.3 is 0 Å². The number of rotatable bonds is 1. The van der Waals surface area contributed by atoms with Crippen molar-refractivity contribution in [3.8, 4) is 0 Å². The molecule has 6 heteroatoms. The van der Waals surface area contributed by atoms with E-state index in [0.717, 1.165) is 18.7 Å². The van der Waals surface area contributed by atoms with Crippen LogP contribution >= 0.6 is 11.8 Å². The maximum atomic E-state index is 12.2. The van der Waals surface area contributed by atoms with Crippen molar-refractivity contribution >= 4 is 27.5 Å². The third-order valence-corrected chi connectivity index (χ3v) is 6.92. The number of carbonyl (C=O) groups is 1. The molecule has 3 unspecified atom stereocenters. The van der Waals surface area contributed by atoms with E-state index in [4.69, 9.17) is 0 Å². The molecule has 0 N–H and O–H groups in total. The number of nitrogens with zero attached hydrogens (tertiary/aromatic N) is 1. The number of fused-ring (bicyclic) bond motifs is 2. The van der Waals surface area contributed by atoms with Crippen LogP contribution in [0.3, 0.4) is 0 Å². The summed E-state index contributed by atoms with van der Waals surface area (Å²) in [6.45, 7) is 0.838. The van der Waals surface area contributed by atoms with E-state index in [0.29, 0.717) is 17.7 Å². The number of hydrogen-bond acceptors (Lipinski definition) is 4. The number of carbonyl (C=O) groups excluding carboxylic acids is 1. The van der Waals surface area contributed by atoms with E-state index in [1.807, 2.05) is 16.7 Å². The summed E-state index contributed by atoms with van der Waals surface area (Å²) < 4.78 is 22.7. The molecule has 3 rings (SSSR count). The molecule has 0 radical (unpaired) electrons. The molecule has 1 amide bonds. The van der Waals surface area contributed by atoms with Crippen LogP contribution in [0.15, 0.2) is 0 Å². The minimum atomic E-state index is -2.94. The zero-order valence-electron chi connectivity index (χ0n) is 8.96. The second-order valence-corrected chi connectivity index (χ2v) is 8.50. The van der Waals surface area contributed by atoms with Crippen LogP contribution in [0.2, 0.25) is 0 Å². The van der Waals surface area contributed by atoms with Crippen molar-refractivity contribution in [2.75, 3.05) is 23.8 Å². The third-order valence-electron chi connectivity index (χ3n) is 3.77. The molecule has 4 nitrogen and oxygen atoms in total. The van der Waals surface area contributed by atoms with Crippen LogP contribution in [0.5, 0.6) is 0 Å².